The van der Waals surface area contributed by atoms with Crippen molar-refractivity contribution in [3.8, 4) is 0 Å². The highest BCUT2D eigenvalue weighted by molar-refractivity contribution is 7.13. The molecule has 0 spiro atoms. The number of amides is 1. The van der Waals surface area contributed by atoms with Crippen LogP contribution < -0.4 is 5.32 Å². The van der Waals surface area contributed by atoms with Gasteiger partial charge in [-0.2, -0.15) is 0 Å². The molecule has 5 nitrogen and oxygen atoms in total. The lowest BCUT2D eigenvalue weighted by molar-refractivity contribution is -0.114. The van der Waals surface area contributed by atoms with Gasteiger partial charge < -0.3 is 10.4 Å². The van der Waals surface area contributed by atoms with Crippen molar-refractivity contribution < 1.29 is 9.90 Å². The number of nitrogens with zero attached hydrogens (tertiary/aromatic N) is 2. The van der Waals surface area contributed by atoms with Crippen LogP contribution in [0.2, 0.25) is 0 Å². The third kappa shape index (κ3) is 4.26. The van der Waals surface area contributed by atoms with E-state index in [9.17, 15) is 4.79 Å². The molecule has 0 radical (unpaired) electrons. The van der Waals surface area contributed by atoms with Gasteiger partial charge in [-0.1, -0.05) is 6.42 Å². The van der Waals surface area contributed by atoms with Crippen LogP contribution in [0.15, 0.2) is 5.38 Å². The molecule has 1 aliphatic rings. The maximum Gasteiger partial charge on any atom is 0.223 e. The molecule has 6 heteroatoms. The second kappa shape index (κ2) is 6.98. The Hall–Kier alpha value is -0.980. The van der Waals surface area contributed by atoms with Crippen molar-refractivity contribution in [2.75, 3.05) is 18.5 Å². The van der Waals surface area contributed by atoms with Crippen LogP contribution in [0.5, 0.6) is 0 Å². The third-order valence-corrected chi connectivity index (χ3v) is 4.22. The van der Waals surface area contributed by atoms with Crippen molar-refractivity contribution in [3.63, 3.8) is 0 Å². The van der Waals surface area contributed by atoms with Crippen LogP contribution in [-0.2, 0) is 11.3 Å². The molecule has 1 aromatic rings. The normalized spacial score (nSPS) is 20.4. The molecule has 1 fully saturated rings. The monoisotopic (exact) mass is 283 g/mol. The molecule has 0 aromatic carbocycles. The van der Waals surface area contributed by atoms with E-state index in [0.29, 0.717) is 11.2 Å². The first-order valence-corrected chi connectivity index (χ1v) is 7.64. The largest absolute Gasteiger partial charge is 0.396 e. The standard InChI is InChI=1S/C13H21N3O2S/c1-10(18)14-13-15-11(9-19-13)8-16-6-3-2-4-12(16)5-7-17/h9,12,17H,2-8H2,1H3,(H,14,15,18). The molecule has 19 heavy (non-hydrogen) atoms. The van der Waals surface area contributed by atoms with E-state index >= 15 is 0 Å². The van der Waals surface area contributed by atoms with Crippen LogP contribution in [0, 0.1) is 0 Å². The second-order valence-electron chi connectivity index (χ2n) is 4.96. The lowest BCUT2D eigenvalue weighted by atomic mass is 9.99. The van der Waals surface area contributed by atoms with E-state index in [0.717, 1.165) is 31.6 Å². The Morgan fingerprint density at radius 3 is 3.21 bits per heavy atom. The molecule has 0 saturated carbocycles. The van der Waals surface area contributed by atoms with Gasteiger partial charge in [0.05, 0.1) is 5.69 Å². The van der Waals surface area contributed by atoms with Gasteiger partial charge in [0.25, 0.3) is 0 Å². The fraction of sp³-hybridized carbons (Fsp3) is 0.692. The number of nitrogens with one attached hydrogen (secondary N) is 1. The summed E-state index contributed by atoms with van der Waals surface area (Å²) in [5.74, 6) is -0.0861. The first kappa shape index (κ1) is 14.4. The molecule has 106 valence electrons. The summed E-state index contributed by atoms with van der Waals surface area (Å²) in [5.41, 5.74) is 0.999. The topological polar surface area (TPSA) is 65.5 Å². The number of aliphatic hydroxyl groups excluding tert-OH is 1. The Bertz CT molecular complexity index is 420. The number of aliphatic hydroxyl groups is 1. The predicted molar refractivity (Wildman–Crippen MR) is 76.2 cm³/mol. The highest BCUT2D eigenvalue weighted by atomic mass is 32.1. The number of hydrogen-bond acceptors (Lipinski definition) is 5. The molecule has 1 unspecified atom stereocenters. The van der Waals surface area contributed by atoms with Gasteiger partial charge in [0.2, 0.25) is 5.91 Å². The van der Waals surface area contributed by atoms with Crippen molar-refractivity contribution in [1.29, 1.82) is 0 Å². The molecule has 1 amide bonds. The summed E-state index contributed by atoms with van der Waals surface area (Å²) in [5, 5.41) is 14.5. The van der Waals surface area contributed by atoms with Crippen LogP contribution in [-0.4, -0.2) is 40.1 Å². The maximum atomic E-state index is 11.0. The van der Waals surface area contributed by atoms with Crippen molar-refractivity contribution in [1.82, 2.24) is 9.88 Å². The number of thiazole rings is 1. The Morgan fingerprint density at radius 1 is 1.63 bits per heavy atom. The van der Waals surface area contributed by atoms with E-state index in [1.165, 1.54) is 31.1 Å². The number of piperidine rings is 1. The molecular formula is C13H21N3O2S. The summed E-state index contributed by atoms with van der Waals surface area (Å²) in [6, 6.07) is 0.463. The average Bonchev–Trinajstić information content (AvgIpc) is 2.78. The van der Waals surface area contributed by atoms with Crippen LogP contribution in [0.25, 0.3) is 0 Å². The smallest absolute Gasteiger partial charge is 0.223 e. The quantitative estimate of drug-likeness (QED) is 0.865. The Labute approximate surface area is 117 Å². The molecule has 2 N–H and O–H groups in total. The molecule has 0 aliphatic carbocycles. The zero-order valence-corrected chi connectivity index (χ0v) is 12.1. The van der Waals surface area contributed by atoms with Gasteiger partial charge in [-0.25, -0.2) is 4.98 Å². The fourth-order valence-electron chi connectivity index (χ4n) is 2.54. The molecular weight excluding hydrogens is 262 g/mol. The van der Waals surface area contributed by atoms with Gasteiger partial charge in [-0.3, -0.25) is 9.69 Å². The number of aromatic nitrogens is 1. The molecule has 1 aliphatic heterocycles. The van der Waals surface area contributed by atoms with Crippen molar-refractivity contribution in [3.05, 3.63) is 11.1 Å². The lowest BCUT2D eigenvalue weighted by Crippen LogP contribution is -2.39. The fourth-order valence-corrected chi connectivity index (χ4v) is 3.29. The van der Waals surface area contributed by atoms with E-state index in [2.05, 4.69) is 15.2 Å². The number of carbonyl (C=O) groups is 1. The SMILES string of the molecule is CC(=O)Nc1nc(CN2CCCCC2CCO)cs1. The number of carbonyl (C=O) groups excluding carboxylic acids is 1. The van der Waals surface area contributed by atoms with Gasteiger partial charge in [-0.15, -0.1) is 11.3 Å². The molecule has 1 atom stereocenters. The Balaban J connectivity index is 1.94. The van der Waals surface area contributed by atoms with Crippen LogP contribution >= 0.6 is 11.3 Å². The average molecular weight is 283 g/mol. The first-order valence-electron chi connectivity index (χ1n) is 6.76. The second-order valence-corrected chi connectivity index (χ2v) is 5.82. The summed E-state index contributed by atoms with van der Waals surface area (Å²) >= 11 is 1.46. The number of rotatable bonds is 5. The van der Waals surface area contributed by atoms with Gasteiger partial charge in [0.1, 0.15) is 0 Å². The molecule has 1 saturated heterocycles. The first-order chi connectivity index (χ1) is 9.19. The summed E-state index contributed by atoms with van der Waals surface area (Å²) in [4.78, 5) is 17.8. The Morgan fingerprint density at radius 2 is 2.47 bits per heavy atom. The number of anilines is 1. The van der Waals surface area contributed by atoms with E-state index in [1.807, 2.05) is 5.38 Å². The van der Waals surface area contributed by atoms with E-state index in [4.69, 9.17) is 5.11 Å². The van der Waals surface area contributed by atoms with Crippen LogP contribution in [0.4, 0.5) is 5.13 Å². The predicted octanol–water partition coefficient (Wildman–Crippen LogP) is 1.84. The van der Waals surface area contributed by atoms with Gasteiger partial charge >= 0.3 is 0 Å². The van der Waals surface area contributed by atoms with Crippen molar-refractivity contribution in [2.45, 2.75) is 45.2 Å². The van der Waals surface area contributed by atoms with E-state index in [-0.39, 0.29) is 12.5 Å². The zero-order chi connectivity index (χ0) is 13.7. The highest BCUT2D eigenvalue weighted by Crippen LogP contribution is 2.23. The number of hydrogen-bond donors (Lipinski definition) is 2. The summed E-state index contributed by atoms with van der Waals surface area (Å²) in [6.45, 7) is 3.61. The highest BCUT2D eigenvalue weighted by Gasteiger charge is 2.22. The molecule has 2 rings (SSSR count). The van der Waals surface area contributed by atoms with Crippen molar-refractivity contribution in [2.24, 2.45) is 0 Å². The van der Waals surface area contributed by atoms with Crippen molar-refractivity contribution >= 4 is 22.4 Å². The summed E-state index contributed by atoms with van der Waals surface area (Å²) in [6.07, 6.45) is 4.45. The van der Waals surface area contributed by atoms with Gasteiger partial charge in [-0.05, 0) is 25.8 Å². The maximum absolute atomic E-state index is 11.0. The van der Waals surface area contributed by atoms with Gasteiger partial charge in [0, 0.05) is 31.5 Å². The van der Waals surface area contributed by atoms with Gasteiger partial charge in [0.15, 0.2) is 5.13 Å². The lowest BCUT2D eigenvalue weighted by Gasteiger charge is -2.34. The van der Waals surface area contributed by atoms with E-state index in [1.54, 1.807) is 0 Å². The van der Waals surface area contributed by atoms with Crippen LogP contribution in [0.3, 0.4) is 0 Å². The third-order valence-electron chi connectivity index (χ3n) is 3.41. The zero-order valence-electron chi connectivity index (χ0n) is 11.3. The minimum Gasteiger partial charge on any atom is -0.396 e. The summed E-state index contributed by atoms with van der Waals surface area (Å²) in [7, 11) is 0. The molecule has 2 heterocycles. The number of likely N-dealkylation sites (tertiary alicyclic amines) is 1. The van der Waals surface area contributed by atoms with E-state index < -0.39 is 0 Å². The molecule has 1 aromatic heterocycles. The minimum atomic E-state index is -0.0861. The summed E-state index contributed by atoms with van der Waals surface area (Å²) < 4.78 is 0. The Kier molecular flexibility index (Phi) is 5.30. The van der Waals surface area contributed by atoms with Crippen LogP contribution in [0.1, 0.15) is 38.3 Å². The molecule has 0 bridgehead atoms. The minimum absolute atomic E-state index is 0.0861.